The van der Waals surface area contributed by atoms with Gasteiger partial charge in [0, 0.05) is 19.8 Å². The summed E-state index contributed by atoms with van der Waals surface area (Å²) in [4.78, 5) is 14.1. The van der Waals surface area contributed by atoms with Gasteiger partial charge in [0.2, 0.25) is 5.91 Å². The number of aromatic amines is 1. The largest absolute Gasteiger partial charge is 0.339 e. The van der Waals surface area contributed by atoms with Gasteiger partial charge >= 0.3 is 0 Å². The average Bonchev–Trinajstić information content (AvgIpc) is 2.84. The van der Waals surface area contributed by atoms with E-state index in [0.29, 0.717) is 13.1 Å². The summed E-state index contributed by atoms with van der Waals surface area (Å²) in [5.74, 6) is 0.111. The Morgan fingerprint density at radius 3 is 2.59 bits per heavy atom. The molecule has 0 aromatic carbocycles. The zero-order valence-corrected chi connectivity index (χ0v) is 10.9. The Hall–Kier alpha value is -1.36. The number of carbonyl (C=O) groups is 1. The van der Waals surface area contributed by atoms with E-state index in [9.17, 15) is 4.79 Å². The minimum Gasteiger partial charge on any atom is -0.339 e. The maximum Gasteiger partial charge on any atom is 0.230 e. The molecule has 0 saturated heterocycles. The maximum absolute atomic E-state index is 12.4. The van der Waals surface area contributed by atoms with Crippen LogP contribution in [0.2, 0.25) is 0 Å². The van der Waals surface area contributed by atoms with Gasteiger partial charge in [-0.05, 0) is 18.9 Å². The highest BCUT2D eigenvalue weighted by molar-refractivity contribution is 5.82. The molecule has 0 radical (unpaired) electrons. The molecule has 0 spiro atoms. The standard InChI is InChI=1S/C12H22N4O/c1-4-12(5-2,9-13)11(17)16(3)8-10-6-7-14-15-10/h6-7H,4-5,8-9,13H2,1-3H3,(H,14,15). The van der Waals surface area contributed by atoms with Crippen molar-refractivity contribution in [2.24, 2.45) is 11.1 Å². The van der Waals surface area contributed by atoms with E-state index >= 15 is 0 Å². The Bertz CT molecular complexity index is 335. The molecule has 0 aliphatic heterocycles. The summed E-state index contributed by atoms with van der Waals surface area (Å²) in [5, 5.41) is 6.72. The van der Waals surface area contributed by atoms with E-state index < -0.39 is 5.41 Å². The lowest BCUT2D eigenvalue weighted by Gasteiger charge is -2.33. The number of nitrogens with zero attached hydrogens (tertiary/aromatic N) is 2. The Morgan fingerprint density at radius 1 is 1.53 bits per heavy atom. The summed E-state index contributed by atoms with van der Waals surface area (Å²) >= 11 is 0. The molecule has 1 aromatic heterocycles. The molecule has 1 heterocycles. The fourth-order valence-electron chi connectivity index (χ4n) is 2.03. The Kier molecular flexibility index (Phi) is 4.69. The first kappa shape index (κ1) is 13.7. The molecule has 0 bridgehead atoms. The van der Waals surface area contributed by atoms with Gasteiger partial charge < -0.3 is 10.6 Å². The molecular weight excluding hydrogens is 216 g/mol. The molecule has 3 N–H and O–H groups in total. The monoisotopic (exact) mass is 238 g/mol. The van der Waals surface area contributed by atoms with Crippen molar-refractivity contribution in [3.63, 3.8) is 0 Å². The lowest BCUT2D eigenvalue weighted by atomic mass is 9.81. The second kappa shape index (κ2) is 5.82. The normalized spacial score (nSPS) is 11.5. The number of carbonyl (C=O) groups excluding carboxylic acids is 1. The van der Waals surface area contributed by atoms with E-state index in [2.05, 4.69) is 10.2 Å². The van der Waals surface area contributed by atoms with Crippen LogP contribution in [0.5, 0.6) is 0 Å². The van der Waals surface area contributed by atoms with Gasteiger partial charge in [-0.1, -0.05) is 13.8 Å². The molecule has 0 atom stereocenters. The first-order valence-corrected chi connectivity index (χ1v) is 6.03. The summed E-state index contributed by atoms with van der Waals surface area (Å²) in [7, 11) is 1.80. The van der Waals surface area contributed by atoms with Crippen LogP contribution in [0.25, 0.3) is 0 Å². The molecular formula is C12H22N4O. The van der Waals surface area contributed by atoms with Gasteiger partial charge in [0.25, 0.3) is 0 Å². The van der Waals surface area contributed by atoms with Crippen molar-refractivity contribution in [2.75, 3.05) is 13.6 Å². The molecule has 0 aliphatic rings. The van der Waals surface area contributed by atoms with Crippen molar-refractivity contribution >= 4 is 5.91 Å². The van der Waals surface area contributed by atoms with Crippen molar-refractivity contribution in [1.29, 1.82) is 0 Å². The smallest absolute Gasteiger partial charge is 0.230 e. The lowest BCUT2D eigenvalue weighted by Crippen LogP contribution is -2.45. The number of nitrogens with one attached hydrogen (secondary N) is 1. The molecule has 5 nitrogen and oxygen atoms in total. The number of H-pyrrole nitrogens is 1. The van der Waals surface area contributed by atoms with Crippen LogP contribution in [-0.2, 0) is 11.3 Å². The fourth-order valence-corrected chi connectivity index (χ4v) is 2.03. The highest BCUT2D eigenvalue weighted by Crippen LogP contribution is 2.27. The number of aromatic nitrogens is 2. The summed E-state index contributed by atoms with van der Waals surface area (Å²) < 4.78 is 0. The van der Waals surface area contributed by atoms with Crippen molar-refractivity contribution < 1.29 is 4.79 Å². The minimum atomic E-state index is -0.422. The second-order valence-corrected chi connectivity index (χ2v) is 4.43. The highest BCUT2D eigenvalue weighted by atomic mass is 16.2. The third kappa shape index (κ3) is 2.85. The molecule has 5 heteroatoms. The van der Waals surface area contributed by atoms with Crippen LogP contribution < -0.4 is 5.73 Å². The molecule has 0 saturated carbocycles. The summed E-state index contributed by atoms with van der Waals surface area (Å²) in [6.45, 7) is 4.96. The van der Waals surface area contributed by atoms with Gasteiger partial charge in [-0.3, -0.25) is 9.89 Å². The summed E-state index contributed by atoms with van der Waals surface area (Å²) in [6, 6.07) is 1.87. The number of rotatable bonds is 6. The van der Waals surface area contributed by atoms with Crippen LogP contribution in [0.1, 0.15) is 32.4 Å². The van der Waals surface area contributed by atoms with E-state index in [0.717, 1.165) is 18.5 Å². The first-order chi connectivity index (χ1) is 8.09. The van der Waals surface area contributed by atoms with Crippen molar-refractivity contribution in [1.82, 2.24) is 15.1 Å². The second-order valence-electron chi connectivity index (χ2n) is 4.43. The SMILES string of the molecule is CCC(CC)(CN)C(=O)N(C)Cc1ccn[nH]1. The van der Waals surface area contributed by atoms with Crippen LogP contribution in [0.15, 0.2) is 12.3 Å². The molecule has 96 valence electrons. The fraction of sp³-hybridized carbons (Fsp3) is 0.667. The van der Waals surface area contributed by atoms with Gasteiger partial charge in [-0.25, -0.2) is 0 Å². The summed E-state index contributed by atoms with van der Waals surface area (Å²) in [5.41, 5.74) is 6.28. The predicted octanol–water partition coefficient (Wildman–Crippen LogP) is 1.13. The van der Waals surface area contributed by atoms with Crippen LogP contribution in [0.3, 0.4) is 0 Å². The third-order valence-corrected chi connectivity index (χ3v) is 3.51. The van der Waals surface area contributed by atoms with E-state index in [1.165, 1.54) is 0 Å². The number of nitrogens with two attached hydrogens (primary N) is 1. The average molecular weight is 238 g/mol. The Morgan fingerprint density at radius 2 is 2.18 bits per heavy atom. The first-order valence-electron chi connectivity index (χ1n) is 6.03. The summed E-state index contributed by atoms with van der Waals surface area (Å²) in [6.07, 6.45) is 3.22. The van der Waals surface area contributed by atoms with Gasteiger partial charge in [0.05, 0.1) is 17.7 Å². The van der Waals surface area contributed by atoms with Crippen LogP contribution in [-0.4, -0.2) is 34.6 Å². The number of hydrogen-bond donors (Lipinski definition) is 2. The van der Waals surface area contributed by atoms with Crippen LogP contribution in [0, 0.1) is 5.41 Å². The maximum atomic E-state index is 12.4. The molecule has 0 unspecified atom stereocenters. The number of amides is 1. The Balaban J connectivity index is 2.74. The molecule has 1 amide bonds. The van der Waals surface area contributed by atoms with Gasteiger partial charge in [-0.15, -0.1) is 0 Å². The molecule has 0 aliphatic carbocycles. The minimum absolute atomic E-state index is 0.111. The highest BCUT2D eigenvalue weighted by Gasteiger charge is 2.35. The predicted molar refractivity (Wildman–Crippen MR) is 67.1 cm³/mol. The van der Waals surface area contributed by atoms with E-state index in [4.69, 9.17) is 5.73 Å². The van der Waals surface area contributed by atoms with Crippen molar-refractivity contribution in [3.05, 3.63) is 18.0 Å². The lowest BCUT2D eigenvalue weighted by molar-refractivity contribution is -0.141. The zero-order valence-electron chi connectivity index (χ0n) is 10.9. The molecule has 0 fully saturated rings. The van der Waals surface area contributed by atoms with E-state index in [1.54, 1.807) is 18.1 Å². The zero-order chi connectivity index (χ0) is 12.9. The Labute approximate surface area is 102 Å². The van der Waals surface area contributed by atoms with E-state index in [1.807, 2.05) is 19.9 Å². The van der Waals surface area contributed by atoms with Gasteiger partial charge in [0.1, 0.15) is 0 Å². The van der Waals surface area contributed by atoms with Crippen molar-refractivity contribution in [2.45, 2.75) is 33.2 Å². The third-order valence-electron chi connectivity index (χ3n) is 3.51. The van der Waals surface area contributed by atoms with Crippen molar-refractivity contribution in [3.8, 4) is 0 Å². The molecule has 1 aromatic rings. The quantitative estimate of drug-likeness (QED) is 0.780. The van der Waals surface area contributed by atoms with Crippen LogP contribution >= 0.6 is 0 Å². The van der Waals surface area contributed by atoms with Crippen LogP contribution in [0.4, 0.5) is 0 Å². The van der Waals surface area contributed by atoms with E-state index in [-0.39, 0.29) is 5.91 Å². The van der Waals surface area contributed by atoms with Gasteiger partial charge in [-0.2, -0.15) is 5.10 Å². The van der Waals surface area contributed by atoms with Gasteiger partial charge in [0.15, 0.2) is 0 Å². The molecule has 17 heavy (non-hydrogen) atoms. The number of hydrogen-bond acceptors (Lipinski definition) is 3. The topological polar surface area (TPSA) is 75.0 Å². The molecule has 1 rings (SSSR count).